The van der Waals surface area contributed by atoms with E-state index in [1.807, 2.05) is 0 Å². The van der Waals surface area contributed by atoms with Crippen molar-refractivity contribution < 1.29 is 4.79 Å². The number of carbonyl (C=O) groups is 1. The van der Waals surface area contributed by atoms with Crippen LogP contribution < -0.4 is 11.5 Å². The molecule has 1 heterocycles. The molecule has 1 aliphatic carbocycles. The summed E-state index contributed by atoms with van der Waals surface area (Å²) in [5.41, 5.74) is 11.2. The number of rotatable bonds is 3. The zero-order valence-electron chi connectivity index (χ0n) is 11.6. The van der Waals surface area contributed by atoms with Crippen LogP contribution in [0.4, 0.5) is 5.82 Å². The van der Waals surface area contributed by atoms with Gasteiger partial charge in [-0.05, 0) is 37.5 Å². The minimum Gasteiger partial charge on any atom is -0.383 e. The summed E-state index contributed by atoms with van der Waals surface area (Å²) in [6.07, 6.45) is 6.07. The van der Waals surface area contributed by atoms with Crippen LogP contribution in [0.25, 0.3) is 0 Å². The molecule has 0 unspecified atom stereocenters. The highest BCUT2D eigenvalue weighted by molar-refractivity contribution is 5.96. The molecular weight excluding hydrogens is 240 g/mol. The lowest BCUT2D eigenvalue weighted by molar-refractivity contribution is 0.100. The number of nitrogens with two attached hydrogens (primary N) is 2. The Hall–Kier alpha value is -1.65. The molecule has 0 aromatic carbocycles. The number of nitrogen functional groups attached to an aromatic ring is 1. The highest BCUT2D eigenvalue weighted by Gasteiger charge is 2.26. The van der Waals surface area contributed by atoms with Crippen LogP contribution in [0, 0.1) is 11.8 Å². The van der Waals surface area contributed by atoms with Crippen LogP contribution in [0.2, 0.25) is 0 Å². The molecule has 1 aromatic rings. The van der Waals surface area contributed by atoms with Crippen LogP contribution in [0.1, 0.15) is 61.6 Å². The van der Waals surface area contributed by atoms with Crippen LogP contribution in [-0.4, -0.2) is 15.9 Å². The molecule has 1 amide bonds. The van der Waals surface area contributed by atoms with Gasteiger partial charge in [-0.15, -0.1) is 0 Å². The number of aromatic nitrogens is 2. The van der Waals surface area contributed by atoms with Crippen LogP contribution in [0.15, 0.2) is 6.20 Å². The standard InChI is InChI=1S/C14H22N4O/c1-8(2)9-3-5-10(6-4-9)14-17-7-11(13(16)19)12(15)18-14/h7-10H,3-6H2,1-2H3,(H2,16,19)(H2,15,17,18). The number of nitrogens with zero attached hydrogens (tertiary/aromatic N) is 2. The number of hydrogen-bond acceptors (Lipinski definition) is 4. The van der Waals surface area contributed by atoms with E-state index in [1.54, 1.807) is 0 Å². The Morgan fingerprint density at radius 1 is 1.32 bits per heavy atom. The quantitative estimate of drug-likeness (QED) is 0.871. The van der Waals surface area contributed by atoms with Gasteiger partial charge in [0, 0.05) is 12.1 Å². The maximum Gasteiger partial charge on any atom is 0.254 e. The predicted molar refractivity (Wildman–Crippen MR) is 74.5 cm³/mol. The Morgan fingerprint density at radius 2 is 1.95 bits per heavy atom. The molecule has 0 aliphatic heterocycles. The Bertz CT molecular complexity index is 465. The topological polar surface area (TPSA) is 94.9 Å². The van der Waals surface area contributed by atoms with Crippen molar-refractivity contribution in [3.63, 3.8) is 0 Å². The first-order valence-corrected chi connectivity index (χ1v) is 6.91. The molecule has 0 atom stereocenters. The molecule has 0 radical (unpaired) electrons. The smallest absolute Gasteiger partial charge is 0.254 e. The third kappa shape index (κ3) is 3.03. The van der Waals surface area contributed by atoms with Crippen molar-refractivity contribution in [2.24, 2.45) is 17.6 Å². The maximum absolute atomic E-state index is 11.1. The van der Waals surface area contributed by atoms with Crippen LogP contribution in [-0.2, 0) is 0 Å². The Kier molecular flexibility index (Phi) is 4.02. The third-order valence-corrected chi connectivity index (χ3v) is 4.18. The zero-order valence-corrected chi connectivity index (χ0v) is 11.6. The summed E-state index contributed by atoms with van der Waals surface area (Å²) in [7, 11) is 0. The van der Waals surface area contributed by atoms with E-state index in [1.165, 1.54) is 19.0 Å². The number of amides is 1. The number of hydrogen-bond donors (Lipinski definition) is 2. The molecule has 1 aromatic heterocycles. The minimum atomic E-state index is -0.576. The first-order valence-electron chi connectivity index (χ1n) is 6.91. The average molecular weight is 262 g/mol. The number of anilines is 1. The Morgan fingerprint density at radius 3 is 2.42 bits per heavy atom. The molecule has 19 heavy (non-hydrogen) atoms. The van der Waals surface area contributed by atoms with Gasteiger partial charge in [-0.3, -0.25) is 4.79 Å². The van der Waals surface area contributed by atoms with Gasteiger partial charge in [-0.2, -0.15) is 0 Å². The molecular formula is C14H22N4O. The van der Waals surface area contributed by atoms with E-state index in [0.717, 1.165) is 30.5 Å². The molecule has 0 bridgehead atoms. The third-order valence-electron chi connectivity index (χ3n) is 4.18. The second kappa shape index (κ2) is 5.55. The van der Waals surface area contributed by atoms with E-state index < -0.39 is 5.91 Å². The molecule has 104 valence electrons. The first-order chi connectivity index (χ1) is 8.99. The maximum atomic E-state index is 11.1. The molecule has 1 aliphatic rings. The summed E-state index contributed by atoms with van der Waals surface area (Å²) in [5, 5.41) is 0. The molecule has 4 N–H and O–H groups in total. The zero-order chi connectivity index (χ0) is 14.0. The largest absolute Gasteiger partial charge is 0.383 e. The normalized spacial score (nSPS) is 23.5. The predicted octanol–water partition coefficient (Wildman–Crippen LogP) is 2.09. The minimum absolute atomic E-state index is 0.198. The van der Waals surface area contributed by atoms with Crippen molar-refractivity contribution in [3.05, 3.63) is 17.6 Å². The highest BCUT2D eigenvalue weighted by Crippen LogP contribution is 2.37. The van der Waals surface area contributed by atoms with Gasteiger partial charge in [0.2, 0.25) is 0 Å². The van der Waals surface area contributed by atoms with Crippen molar-refractivity contribution in [3.8, 4) is 0 Å². The summed E-state index contributed by atoms with van der Waals surface area (Å²) >= 11 is 0. The average Bonchev–Trinajstić information content (AvgIpc) is 2.38. The van der Waals surface area contributed by atoms with Gasteiger partial charge in [0.15, 0.2) is 0 Å². The Balaban J connectivity index is 2.08. The monoisotopic (exact) mass is 262 g/mol. The Labute approximate surface area is 113 Å². The number of carbonyl (C=O) groups excluding carboxylic acids is 1. The fraction of sp³-hybridized carbons (Fsp3) is 0.643. The highest BCUT2D eigenvalue weighted by atomic mass is 16.1. The van der Waals surface area contributed by atoms with Gasteiger partial charge in [-0.25, -0.2) is 9.97 Å². The molecule has 1 fully saturated rings. The van der Waals surface area contributed by atoms with Crippen molar-refractivity contribution in [2.75, 3.05) is 5.73 Å². The fourth-order valence-electron chi connectivity index (χ4n) is 2.84. The van der Waals surface area contributed by atoms with Crippen molar-refractivity contribution in [1.29, 1.82) is 0 Å². The van der Waals surface area contributed by atoms with E-state index in [-0.39, 0.29) is 11.4 Å². The van der Waals surface area contributed by atoms with Gasteiger partial charge in [0.05, 0.1) is 5.56 Å². The summed E-state index contributed by atoms with van der Waals surface area (Å²) < 4.78 is 0. The van der Waals surface area contributed by atoms with Gasteiger partial charge in [0.25, 0.3) is 5.91 Å². The molecule has 5 heteroatoms. The lowest BCUT2D eigenvalue weighted by Crippen LogP contribution is -2.21. The van der Waals surface area contributed by atoms with Gasteiger partial charge in [-0.1, -0.05) is 13.8 Å². The lowest BCUT2D eigenvalue weighted by atomic mass is 9.77. The molecule has 2 rings (SSSR count). The first kappa shape index (κ1) is 13.8. The van der Waals surface area contributed by atoms with Gasteiger partial charge >= 0.3 is 0 Å². The summed E-state index contributed by atoms with van der Waals surface area (Å²) in [6, 6.07) is 0. The molecule has 5 nitrogen and oxygen atoms in total. The second-order valence-electron chi connectivity index (χ2n) is 5.75. The van der Waals surface area contributed by atoms with E-state index >= 15 is 0 Å². The fourth-order valence-corrected chi connectivity index (χ4v) is 2.84. The SMILES string of the molecule is CC(C)C1CCC(c2ncc(C(N)=O)c(N)n2)CC1. The summed E-state index contributed by atoms with van der Waals surface area (Å²) in [6.45, 7) is 4.56. The molecule has 0 saturated heterocycles. The van der Waals surface area contributed by atoms with Crippen molar-refractivity contribution in [1.82, 2.24) is 9.97 Å². The summed E-state index contributed by atoms with van der Waals surface area (Å²) in [5.74, 6) is 2.28. The van der Waals surface area contributed by atoms with E-state index in [9.17, 15) is 4.79 Å². The summed E-state index contributed by atoms with van der Waals surface area (Å²) in [4.78, 5) is 19.6. The van der Waals surface area contributed by atoms with Crippen LogP contribution in [0.5, 0.6) is 0 Å². The second-order valence-corrected chi connectivity index (χ2v) is 5.75. The number of primary amides is 1. The van der Waals surface area contributed by atoms with E-state index in [0.29, 0.717) is 5.92 Å². The molecule has 0 spiro atoms. The van der Waals surface area contributed by atoms with Gasteiger partial charge in [0.1, 0.15) is 11.6 Å². The van der Waals surface area contributed by atoms with E-state index in [2.05, 4.69) is 23.8 Å². The van der Waals surface area contributed by atoms with Crippen molar-refractivity contribution >= 4 is 11.7 Å². The van der Waals surface area contributed by atoms with E-state index in [4.69, 9.17) is 11.5 Å². The van der Waals surface area contributed by atoms with Crippen LogP contribution >= 0.6 is 0 Å². The van der Waals surface area contributed by atoms with Crippen LogP contribution in [0.3, 0.4) is 0 Å². The van der Waals surface area contributed by atoms with Crippen molar-refractivity contribution in [2.45, 2.75) is 45.4 Å². The molecule has 1 saturated carbocycles. The lowest BCUT2D eigenvalue weighted by Gasteiger charge is -2.30. The van der Waals surface area contributed by atoms with Gasteiger partial charge < -0.3 is 11.5 Å².